The molecule has 4 atom stereocenters. The molecule has 1 amide bonds. The molecule has 0 aromatic rings. The molecule has 0 radical (unpaired) electrons. The lowest BCUT2D eigenvalue weighted by atomic mass is 9.87. The lowest BCUT2D eigenvalue weighted by Crippen LogP contribution is -2.56. The number of carbonyl (C=O) groups excluding carboxylic acids is 1. The molecular weight excluding hydrogens is 382 g/mol. The molecule has 3 rings (SSSR count). The Bertz CT molecular complexity index is 513. The Morgan fingerprint density at radius 2 is 1.93 bits per heavy atom. The first-order valence-corrected chi connectivity index (χ1v) is 12.1. The van der Waals surface area contributed by atoms with Gasteiger partial charge in [0.1, 0.15) is 0 Å². The Labute approximate surface area is 182 Å². The van der Waals surface area contributed by atoms with Crippen molar-refractivity contribution in [3.8, 4) is 0 Å². The summed E-state index contributed by atoms with van der Waals surface area (Å²) in [5, 5.41) is 13.4. The molecule has 1 saturated carbocycles. The first-order chi connectivity index (χ1) is 14.5. The number of nitrogens with zero attached hydrogens (tertiary/aromatic N) is 2. The molecule has 30 heavy (non-hydrogen) atoms. The number of amides is 1. The molecule has 3 fully saturated rings. The van der Waals surface area contributed by atoms with Crippen LogP contribution in [0.1, 0.15) is 57.8 Å². The van der Waals surface area contributed by atoms with Crippen LogP contribution in [0.15, 0.2) is 0 Å². The second kappa shape index (κ2) is 12.3. The minimum Gasteiger partial charge on any atom is -0.389 e. The number of aliphatic hydroxyl groups is 1. The third-order valence-corrected chi connectivity index (χ3v) is 6.82. The van der Waals surface area contributed by atoms with Crippen molar-refractivity contribution in [3.05, 3.63) is 0 Å². The predicted octanol–water partition coefficient (Wildman–Crippen LogP) is 1.63. The van der Waals surface area contributed by atoms with Crippen molar-refractivity contribution in [2.24, 2.45) is 5.92 Å². The van der Waals surface area contributed by atoms with Crippen LogP contribution in [0.5, 0.6) is 0 Å². The van der Waals surface area contributed by atoms with Crippen LogP contribution in [-0.2, 0) is 14.3 Å². The number of hydrogen-bond acceptors (Lipinski definition) is 6. The van der Waals surface area contributed by atoms with Gasteiger partial charge in [-0.05, 0) is 58.7 Å². The first kappa shape index (κ1) is 23.9. The summed E-state index contributed by atoms with van der Waals surface area (Å²) in [4.78, 5) is 16.9. The Kier molecular flexibility index (Phi) is 9.84. The monoisotopic (exact) mass is 425 g/mol. The summed E-state index contributed by atoms with van der Waals surface area (Å²) in [6, 6.07) is 0.279. The largest absolute Gasteiger partial charge is 0.389 e. The third kappa shape index (κ3) is 7.75. The molecule has 7 heteroatoms. The van der Waals surface area contributed by atoms with Gasteiger partial charge in [-0.25, -0.2) is 0 Å². The van der Waals surface area contributed by atoms with E-state index in [0.29, 0.717) is 32.7 Å². The fraction of sp³-hybridized carbons (Fsp3) is 0.957. The van der Waals surface area contributed by atoms with Gasteiger partial charge in [0.05, 0.1) is 37.9 Å². The summed E-state index contributed by atoms with van der Waals surface area (Å²) in [6.45, 7) is 4.28. The lowest BCUT2D eigenvalue weighted by Gasteiger charge is -2.45. The van der Waals surface area contributed by atoms with Crippen molar-refractivity contribution < 1.29 is 19.4 Å². The number of carbonyl (C=O) groups is 1. The Morgan fingerprint density at radius 3 is 2.70 bits per heavy atom. The normalized spacial score (nSPS) is 31.7. The molecule has 174 valence electrons. The molecule has 2 heterocycles. The third-order valence-electron chi connectivity index (χ3n) is 6.82. The highest BCUT2D eigenvalue weighted by molar-refractivity contribution is 5.76. The van der Waals surface area contributed by atoms with E-state index in [1.165, 1.54) is 32.1 Å². The van der Waals surface area contributed by atoms with Crippen molar-refractivity contribution >= 4 is 5.91 Å². The summed E-state index contributed by atoms with van der Waals surface area (Å²) in [5.74, 6) is 0.816. The highest BCUT2D eigenvalue weighted by atomic mass is 16.5. The van der Waals surface area contributed by atoms with Crippen molar-refractivity contribution in [3.63, 3.8) is 0 Å². The molecular formula is C23H43N3O4. The summed E-state index contributed by atoms with van der Waals surface area (Å²) < 4.78 is 12.1. The quantitative estimate of drug-likeness (QED) is 0.576. The van der Waals surface area contributed by atoms with Crippen molar-refractivity contribution in [1.29, 1.82) is 0 Å². The summed E-state index contributed by atoms with van der Waals surface area (Å²) in [6.07, 6.45) is 9.44. The number of nitrogens with one attached hydrogen (secondary N) is 1. The number of rotatable bonds is 8. The van der Waals surface area contributed by atoms with Crippen molar-refractivity contribution in [2.45, 2.75) is 82.1 Å². The van der Waals surface area contributed by atoms with E-state index in [4.69, 9.17) is 9.47 Å². The van der Waals surface area contributed by atoms with Gasteiger partial charge in [-0.15, -0.1) is 0 Å². The van der Waals surface area contributed by atoms with Crippen LogP contribution in [0.4, 0.5) is 0 Å². The maximum Gasteiger partial charge on any atom is 0.222 e. The zero-order valence-corrected chi connectivity index (χ0v) is 19.1. The van der Waals surface area contributed by atoms with Crippen molar-refractivity contribution in [2.75, 3.05) is 53.5 Å². The van der Waals surface area contributed by atoms with Crippen LogP contribution in [0.25, 0.3) is 0 Å². The van der Waals surface area contributed by atoms with Gasteiger partial charge in [-0.3, -0.25) is 9.69 Å². The standard InChI is InChI=1S/C23H43N3O4/c1-25(2)12-6-11-24-23(28)13-20-9-10-21-22(30-20)17-29-16-19(27)15-26(21)14-18-7-4-3-5-8-18/h18-22,27H,3-17H2,1-2H3,(H,24,28)/t19-,20-,21+,22-/m1/s1. The number of hydrogen-bond donors (Lipinski definition) is 2. The summed E-state index contributed by atoms with van der Waals surface area (Å²) in [7, 11) is 4.09. The summed E-state index contributed by atoms with van der Waals surface area (Å²) >= 11 is 0. The first-order valence-electron chi connectivity index (χ1n) is 12.1. The minimum atomic E-state index is -0.430. The van der Waals surface area contributed by atoms with Gasteiger partial charge < -0.3 is 24.8 Å². The highest BCUT2D eigenvalue weighted by Gasteiger charge is 2.38. The zero-order valence-electron chi connectivity index (χ0n) is 19.1. The van der Waals surface area contributed by atoms with Crippen LogP contribution in [0.3, 0.4) is 0 Å². The maximum absolute atomic E-state index is 12.3. The summed E-state index contributed by atoms with van der Waals surface area (Å²) in [5.41, 5.74) is 0. The average Bonchev–Trinajstić information content (AvgIpc) is 2.70. The average molecular weight is 426 g/mol. The molecule has 7 nitrogen and oxygen atoms in total. The molecule has 0 bridgehead atoms. The molecule has 2 N–H and O–H groups in total. The van der Waals surface area contributed by atoms with E-state index in [0.717, 1.165) is 38.3 Å². The molecule has 3 aliphatic rings. The molecule has 0 aromatic carbocycles. The number of aliphatic hydroxyl groups excluding tert-OH is 1. The van der Waals surface area contributed by atoms with Gasteiger partial charge >= 0.3 is 0 Å². The number of β-amino-alcohol motifs (C(OH)–C–C–N with tert-alkyl or cyclic N) is 1. The van der Waals surface area contributed by atoms with E-state index in [9.17, 15) is 9.90 Å². The SMILES string of the molecule is CN(C)CCCNC(=O)C[C@H]1CC[C@H]2[C@@H](COC[C@H](O)CN2CC2CCCCC2)O1. The van der Waals surface area contributed by atoms with Crippen LogP contribution in [0.2, 0.25) is 0 Å². The van der Waals surface area contributed by atoms with E-state index < -0.39 is 6.10 Å². The highest BCUT2D eigenvalue weighted by Crippen LogP contribution is 2.31. The smallest absolute Gasteiger partial charge is 0.222 e. The van der Waals surface area contributed by atoms with Crippen LogP contribution in [0, 0.1) is 5.92 Å². The van der Waals surface area contributed by atoms with Gasteiger partial charge in [0.25, 0.3) is 0 Å². The molecule has 2 saturated heterocycles. The molecule has 0 unspecified atom stereocenters. The fourth-order valence-corrected chi connectivity index (χ4v) is 5.26. The maximum atomic E-state index is 12.3. The second-order valence-corrected chi connectivity index (χ2v) is 9.80. The van der Waals surface area contributed by atoms with Gasteiger partial charge in [0.15, 0.2) is 0 Å². The van der Waals surface area contributed by atoms with E-state index in [1.54, 1.807) is 0 Å². The second-order valence-electron chi connectivity index (χ2n) is 9.80. The predicted molar refractivity (Wildman–Crippen MR) is 117 cm³/mol. The fourth-order valence-electron chi connectivity index (χ4n) is 5.26. The van der Waals surface area contributed by atoms with Gasteiger partial charge in [0.2, 0.25) is 5.91 Å². The molecule has 0 aromatic heterocycles. The van der Waals surface area contributed by atoms with E-state index in [2.05, 4.69) is 15.1 Å². The topological polar surface area (TPSA) is 74.3 Å². The Balaban J connectivity index is 1.49. The van der Waals surface area contributed by atoms with Crippen molar-refractivity contribution in [1.82, 2.24) is 15.1 Å². The zero-order chi connectivity index (χ0) is 21.3. The van der Waals surface area contributed by atoms with Crippen LogP contribution in [-0.4, -0.2) is 98.7 Å². The number of fused-ring (bicyclic) bond motifs is 1. The van der Waals surface area contributed by atoms with Crippen LogP contribution >= 0.6 is 0 Å². The molecule has 1 aliphatic carbocycles. The van der Waals surface area contributed by atoms with Gasteiger partial charge in [-0.1, -0.05) is 19.3 Å². The molecule has 0 spiro atoms. The van der Waals surface area contributed by atoms with E-state index >= 15 is 0 Å². The lowest BCUT2D eigenvalue weighted by molar-refractivity contribution is -0.158. The minimum absolute atomic E-state index is 0.0126. The molecule has 2 aliphatic heterocycles. The van der Waals surface area contributed by atoms with E-state index in [-0.39, 0.29) is 24.2 Å². The van der Waals surface area contributed by atoms with Gasteiger partial charge in [-0.2, -0.15) is 0 Å². The Hall–Kier alpha value is -0.730. The van der Waals surface area contributed by atoms with Gasteiger partial charge in [0, 0.05) is 25.7 Å². The Morgan fingerprint density at radius 1 is 1.13 bits per heavy atom. The number of ether oxygens (including phenoxy) is 2. The van der Waals surface area contributed by atoms with Crippen LogP contribution < -0.4 is 5.32 Å². The van der Waals surface area contributed by atoms with E-state index in [1.807, 2.05) is 14.1 Å².